The summed E-state index contributed by atoms with van der Waals surface area (Å²) < 4.78 is 30.9. The minimum Gasteiger partial charge on any atom is -0.493 e. The predicted molar refractivity (Wildman–Crippen MR) is 133 cm³/mol. The van der Waals surface area contributed by atoms with E-state index in [9.17, 15) is 14.0 Å². The van der Waals surface area contributed by atoms with Crippen molar-refractivity contribution in [2.75, 3.05) is 27.3 Å². The van der Waals surface area contributed by atoms with Crippen LogP contribution in [0.1, 0.15) is 39.1 Å². The molecule has 0 saturated carbocycles. The van der Waals surface area contributed by atoms with Crippen molar-refractivity contribution in [1.82, 2.24) is 10.2 Å². The molecule has 1 aliphatic heterocycles. The Balaban J connectivity index is 1.39. The molecule has 188 valence electrons. The van der Waals surface area contributed by atoms with E-state index in [4.69, 9.17) is 14.2 Å². The Kier molecular flexibility index (Phi) is 8.05. The smallest absolute Gasteiger partial charge is 0.256 e. The second kappa shape index (κ2) is 11.6. The van der Waals surface area contributed by atoms with E-state index < -0.39 is 5.82 Å². The maximum absolute atomic E-state index is 14.0. The van der Waals surface area contributed by atoms with Crippen molar-refractivity contribution in [2.45, 2.75) is 25.5 Å². The molecule has 0 unspecified atom stereocenters. The first kappa shape index (κ1) is 25.0. The highest BCUT2D eigenvalue weighted by atomic mass is 19.1. The third-order valence-electron chi connectivity index (χ3n) is 6.17. The van der Waals surface area contributed by atoms with Gasteiger partial charge in [0.2, 0.25) is 5.75 Å². The fourth-order valence-corrected chi connectivity index (χ4v) is 4.18. The number of halogens is 1. The van der Waals surface area contributed by atoms with E-state index in [0.717, 1.165) is 5.56 Å². The zero-order valence-electron chi connectivity index (χ0n) is 20.3. The molecule has 1 fully saturated rings. The summed E-state index contributed by atoms with van der Waals surface area (Å²) in [6.07, 6.45) is 1.14. The van der Waals surface area contributed by atoms with Crippen molar-refractivity contribution >= 4 is 11.8 Å². The largest absolute Gasteiger partial charge is 0.493 e. The standard InChI is InChI=1S/C28H29FN2O5/c1-34-24-16-20(17-25(35-2)26(24)36-18-19-8-4-3-5-9-19)27(32)30-21-12-14-31(15-13-21)28(33)22-10-6-7-11-23(22)29/h3-11,16-17,21H,12-15,18H2,1-2H3,(H,30,32). The molecule has 36 heavy (non-hydrogen) atoms. The Morgan fingerprint density at radius 3 is 2.17 bits per heavy atom. The van der Waals surface area contributed by atoms with E-state index in [1.807, 2.05) is 30.3 Å². The number of methoxy groups -OCH3 is 2. The summed E-state index contributed by atoms with van der Waals surface area (Å²) in [5.74, 6) is 0.0531. The number of benzene rings is 3. The van der Waals surface area contributed by atoms with Crippen LogP contribution in [-0.2, 0) is 6.61 Å². The molecule has 3 aromatic carbocycles. The highest BCUT2D eigenvalue weighted by Gasteiger charge is 2.27. The lowest BCUT2D eigenvalue weighted by atomic mass is 10.0. The number of carbonyl (C=O) groups is 2. The Bertz CT molecular complexity index is 1180. The molecule has 0 atom stereocenters. The molecule has 0 aromatic heterocycles. The van der Waals surface area contributed by atoms with Crippen LogP contribution in [0.5, 0.6) is 17.2 Å². The highest BCUT2D eigenvalue weighted by molar-refractivity contribution is 5.96. The van der Waals surface area contributed by atoms with Crippen molar-refractivity contribution in [3.8, 4) is 17.2 Å². The summed E-state index contributed by atoms with van der Waals surface area (Å²) in [4.78, 5) is 27.3. The second-order valence-electron chi connectivity index (χ2n) is 8.50. The van der Waals surface area contributed by atoms with Gasteiger partial charge in [-0.3, -0.25) is 9.59 Å². The van der Waals surface area contributed by atoms with Crippen LogP contribution in [0.25, 0.3) is 0 Å². The molecule has 1 N–H and O–H groups in total. The quantitative estimate of drug-likeness (QED) is 0.503. The first-order chi connectivity index (χ1) is 17.5. The van der Waals surface area contributed by atoms with Gasteiger partial charge in [0.25, 0.3) is 11.8 Å². The molecule has 8 heteroatoms. The molecule has 0 bridgehead atoms. The van der Waals surface area contributed by atoms with E-state index in [-0.39, 0.29) is 23.4 Å². The van der Waals surface area contributed by atoms with Gasteiger partial charge in [0.05, 0.1) is 19.8 Å². The van der Waals surface area contributed by atoms with E-state index in [2.05, 4.69) is 5.32 Å². The molecular weight excluding hydrogens is 463 g/mol. The van der Waals surface area contributed by atoms with Gasteiger partial charge in [-0.15, -0.1) is 0 Å². The van der Waals surface area contributed by atoms with Crippen LogP contribution in [0.4, 0.5) is 4.39 Å². The molecule has 1 heterocycles. The molecule has 3 aromatic rings. The highest BCUT2D eigenvalue weighted by Crippen LogP contribution is 2.39. The van der Waals surface area contributed by atoms with Gasteiger partial charge in [0, 0.05) is 24.7 Å². The Labute approximate surface area is 209 Å². The zero-order valence-corrected chi connectivity index (χ0v) is 20.3. The van der Waals surface area contributed by atoms with Crippen LogP contribution in [0, 0.1) is 5.82 Å². The van der Waals surface area contributed by atoms with Crippen LogP contribution in [0.3, 0.4) is 0 Å². The number of carbonyl (C=O) groups excluding carboxylic acids is 2. The van der Waals surface area contributed by atoms with Gasteiger partial charge in [-0.1, -0.05) is 42.5 Å². The number of nitrogens with zero attached hydrogens (tertiary/aromatic N) is 1. The number of piperidine rings is 1. The Morgan fingerprint density at radius 2 is 1.56 bits per heavy atom. The lowest BCUT2D eigenvalue weighted by Gasteiger charge is -2.32. The van der Waals surface area contributed by atoms with E-state index >= 15 is 0 Å². The minimum atomic E-state index is -0.531. The van der Waals surface area contributed by atoms with Crippen LogP contribution in [0.15, 0.2) is 66.7 Å². The lowest BCUT2D eigenvalue weighted by Crippen LogP contribution is -2.46. The van der Waals surface area contributed by atoms with Crippen LogP contribution >= 0.6 is 0 Å². The summed E-state index contributed by atoms with van der Waals surface area (Å²) >= 11 is 0. The Morgan fingerprint density at radius 1 is 0.944 bits per heavy atom. The van der Waals surface area contributed by atoms with E-state index in [1.54, 1.807) is 29.2 Å². The summed E-state index contributed by atoms with van der Waals surface area (Å²) in [6, 6.07) is 18.8. The normalized spacial score (nSPS) is 13.7. The van der Waals surface area contributed by atoms with Crippen molar-refractivity contribution in [3.05, 3.63) is 89.2 Å². The summed E-state index contributed by atoms with van der Waals surface area (Å²) in [6.45, 7) is 1.18. The SMILES string of the molecule is COc1cc(C(=O)NC2CCN(C(=O)c3ccccc3F)CC2)cc(OC)c1OCc1ccccc1. The van der Waals surface area contributed by atoms with Crippen molar-refractivity contribution < 1.29 is 28.2 Å². The molecule has 7 nitrogen and oxygen atoms in total. The first-order valence-electron chi connectivity index (χ1n) is 11.8. The molecule has 1 aliphatic rings. The second-order valence-corrected chi connectivity index (χ2v) is 8.50. The first-order valence-corrected chi connectivity index (χ1v) is 11.8. The molecule has 0 spiro atoms. The summed E-state index contributed by atoms with van der Waals surface area (Å²) in [5, 5.41) is 3.02. The summed E-state index contributed by atoms with van der Waals surface area (Å²) in [5.41, 5.74) is 1.43. The van der Waals surface area contributed by atoms with Gasteiger partial charge in [0.1, 0.15) is 12.4 Å². The molecular formula is C28H29FN2O5. The number of amides is 2. The fraction of sp³-hybridized carbons (Fsp3) is 0.286. The van der Waals surface area contributed by atoms with Gasteiger partial charge in [-0.2, -0.15) is 0 Å². The van der Waals surface area contributed by atoms with Crippen molar-refractivity contribution in [1.29, 1.82) is 0 Å². The van der Waals surface area contributed by atoms with Crippen molar-refractivity contribution in [3.63, 3.8) is 0 Å². The average Bonchev–Trinajstić information content (AvgIpc) is 2.92. The van der Waals surface area contributed by atoms with Crippen molar-refractivity contribution in [2.24, 2.45) is 0 Å². The van der Waals surface area contributed by atoms with Gasteiger partial charge in [0.15, 0.2) is 11.5 Å². The van der Waals surface area contributed by atoms with E-state index in [0.29, 0.717) is 55.4 Å². The third-order valence-corrected chi connectivity index (χ3v) is 6.17. The maximum Gasteiger partial charge on any atom is 0.256 e. The number of rotatable bonds is 8. The zero-order chi connectivity index (χ0) is 25.5. The number of nitrogens with one attached hydrogen (secondary N) is 1. The summed E-state index contributed by atoms with van der Waals surface area (Å²) in [7, 11) is 3.02. The number of hydrogen-bond acceptors (Lipinski definition) is 5. The predicted octanol–water partition coefficient (Wildman–Crippen LogP) is 4.46. The third kappa shape index (κ3) is 5.76. The topological polar surface area (TPSA) is 77.1 Å². The molecule has 0 aliphatic carbocycles. The number of ether oxygens (including phenoxy) is 3. The van der Waals surface area contributed by atoms with Gasteiger partial charge in [-0.25, -0.2) is 4.39 Å². The maximum atomic E-state index is 14.0. The van der Waals surface area contributed by atoms with Gasteiger partial charge < -0.3 is 24.4 Å². The number of hydrogen-bond donors (Lipinski definition) is 1. The number of likely N-dealkylation sites (tertiary alicyclic amines) is 1. The molecule has 4 rings (SSSR count). The fourth-order valence-electron chi connectivity index (χ4n) is 4.18. The molecule has 0 radical (unpaired) electrons. The Hall–Kier alpha value is -4.07. The average molecular weight is 493 g/mol. The monoisotopic (exact) mass is 492 g/mol. The lowest BCUT2D eigenvalue weighted by molar-refractivity contribution is 0.0693. The minimum absolute atomic E-state index is 0.0637. The van der Waals surface area contributed by atoms with Gasteiger partial charge in [-0.05, 0) is 42.7 Å². The molecule has 1 saturated heterocycles. The van der Waals surface area contributed by atoms with Gasteiger partial charge >= 0.3 is 0 Å². The van der Waals surface area contributed by atoms with Crippen LogP contribution < -0.4 is 19.5 Å². The van der Waals surface area contributed by atoms with E-state index in [1.165, 1.54) is 26.4 Å². The van der Waals surface area contributed by atoms with Crippen LogP contribution in [-0.4, -0.2) is 50.1 Å². The molecule has 2 amide bonds. The van der Waals surface area contributed by atoms with Crippen LogP contribution in [0.2, 0.25) is 0 Å².